The van der Waals surface area contributed by atoms with E-state index >= 15 is 0 Å². The van der Waals surface area contributed by atoms with E-state index in [4.69, 9.17) is 10.5 Å². The van der Waals surface area contributed by atoms with Crippen molar-refractivity contribution >= 4 is 11.8 Å². The van der Waals surface area contributed by atoms with Crippen molar-refractivity contribution in [2.75, 3.05) is 19.7 Å². The maximum atomic E-state index is 12.7. The predicted octanol–water partition coefficient (Wildman–Crippen LogP) is 0.928. The molecule has 1 fully saturated rings. The molecule has 1 saturated heterocycles. The zero-order valence-electron chi connectivity index (χ0n) is 11.0. The highest BCUT2D eigenvalue weighted by Crippen LogP contribution is 2.17. The molecule has 2 rings (SSSR count). The van der Waals surface area contributed by atoms with Gasteiger partial charge in [-0.2, -0.15) is 0 Å². The molecule has 1 heterocycles. The van der Waals surface area contributed by atoms with Crippen molar-refractivity contribution in [3.05, 3.63) is 30.1 Å². The van der Waals surface area contributed by atoms with Crippen LogP contribution in [0.4, 0.5) is 4.39 Å². The van der Waals surface area contributed by atoms with Crippen LogP contribution in [0, 0.1) is 11.7 Å². The number of benzene rings is 1. The van der Waals surface area contributed by atoms with Crippen LogP contribution in [0.2, 0.25) is 0 Å². The molecule has 0 spiro atoms. The lowest BCUT2D eigenvalue weighted by Crippen LogP contribution is -2.30. The Kier molecular flexibility index (Phi) is 4.55. The fraction of sp³-hybridized carbons (Fsp3) is 0.429. The van der Waals surface area contributed by atoms with Crippen LogP contribution in [0.25, 0.3) is 0 Å². The molecule has 1 atom stereocenters. The number of hydrogen-bond donors (Lipinski definition) is 1. The van der Waals surface area contributed by atoms with Crippen molar-refractivity contribution in [2.24, 2.45) is 11.7 Å². The summed E-state index contributed by atoms with van der Waals surface area (Å²) in [5.41, 5.74) is 5.19. The first kappa shape index (κ1) is 14.3. The maximum Gasteiger partial charge on any atom is 0.223 e. The Morgan fingerprint density at radius 3 is 2.70 bits per heavy atom. The molecule has 1 aromatic rings. The molecule has 2 N–H and O–H groups in total. The Morgan fingerprint density at radius 2 is 2.10 bits per heavy atom. The summed E-state index contributed by atoms with van der Waals surface area (Å²) in [5.74, 6) is -0.564. The topological polar surface area (TPSA) is 72.6 Å². The standard InChI is InChI=1S/C14H17FN2O3/c15-11-2-4-12(5-3-11)20-7-1-6-17-9-10(14(16)19)8-13(17)18/h2-5,10H,1,6-9H2,(H2,16,19). The zero-order chi connectivity index (χ0) is 14.5. The third-order valence-electron chi connectivity index (χ3n) is 3.27. The minimum atomic E-state index is -0.427. The van der Waals surface area contributed by atoms with Gasteiger partial charge in [0.25, 0.3) is 0 Å². The molecule has 0 aromatic heterocycles. The number of amides is 2. The molecule has 0 bridgehead atoms. The Bertz CT molecular complexity index is 490. The molecule has 0 saturated carbocycles. The number of hydrogen-bond acceptors (Lipinski definition) is 3. The molecule has 108 valence electrons. The van der Waals surface area contributed by atoms with E-state index in [2.05, 4.69) is 0 Å². The normalized spacial score (nSPS) is 18.4. The van der Waals surface area contributed by atoms with E-state index in [1.807, 2.05) is 0 Å². The lowest BCUT2D eigenvalue weighted by atomic mass is 10.1. The quantitative estimate of drug-likeness (QED) is 0.788. The Labute approximate surface area is 116 Å². The van der Waals surface area contributed by atoms with Crippen molar-refractivity contribution in [3.63, 3.8) is 0 Å². The summed E-state index contributed by atoms with van der Waals surface area (Å²) in [6.45, 7) is 1.35. The summed E-state index contributed by atoms with van der Waals surface area (Å²) in [6, 6.07) is 5.77. The summed E-state index contributed by atoms with van der Waals surface area (Å²) >= 11 is 0. The molecule has 1 unspecified atom stereocenters. The molecule has 0 radical (unpaired) electrons. The Morgan fingerprint density at radius 1 is 1.40 bits per heavy atom. The summed E-state index contributed by atoms with van der Waals surface area (Å²) in [6.07, 6.45) is 0.850. The van der Waals surface area contributed by atoms with Gasteiger partial charge in [-0.05, 0) is 30.7 Å². The summed E-state index contributed by atoms with van der Waals surface area (Å²) < 4.78 is 18.1. The average molecular weight is 280 g/mol. The fourth-order valence-corrected chi connectivity index (χ4v) is 2.16. The van der Waals surface area contributed by atoms with E-state index in [9.17, 15) is 14.0 Å². The first-order valence-corrected chi connectivity index (χ1v) is 6.51. The summed E-state index contributed by atoms with van der Waals surface area (Å²) in [5, 5.41) is 0. The van der Waals surface area contributed by atoms with Gasteiger partial charge >= 0.3 is 0 Å². The highest BCUT2D eigenvalue weighted by molar-refractivity contribution is 5.88. The lowest BCUT2D eigenvalue weighted by Gasteiger charge is -2.16. The smallest absolute Gasteiger partial charge is 0.223 e. The number of rotatable bonds is 6. The molecular formula is C14H17FN2O3. The SMILES string of the molecule is NC(=O)C1CC(=O)N(CCCOc2ccc(F)cc2)C1. The third kappa shape index (κ3) is 3.69. The molecule has 6 heteroatoms. The minimum Gasteiger partial charge on any atom is -0.494 e. The van der Waals surface area contributed by atoms with Crippen molar-refractivity contribution < 1.29 is 18.7 Å². The van der Waals surface area contributed by atoms with E-state index in [-0.39, 0.29) is 24.1 Å². The minimum absolute atomic E-state index is 0.0458. The first-order chi connectivity index (χ1) is 9.56. The van der Waals surface area contributed by atoms with Crippen LogP contribution >= 0.6 is 0 Å². The summed E-state index contributed by atoms with van der Waals surface area (Å²) in [7, 11) is 0. The number of nitrogens with two attached hydrogens (primary N) is 1. The second-order valence-corrected chi connectivity index (χ2v) is 4.80. The molecule has 0 aliphatic carbocycles. The summed E-state index contributed by atoms with van der Waals surface area (Å²) in [4.78, 5) is 24.3. The molecule has 2 amide bonds. The highest BCUT2D eigenvalue weighted by Gasteiger charge is 2.32. The van der Waals surface area contributed by atoms with Crippen molar-refractivity contribution in [3.8, 4) is 5.75 Å². The van der Waals surface area contributed by atoms with Gasteiger partial charge in [0.2, 0.25) is 11.8 Å². The first-order valence-electron chi connectivity index (χ1n) is 6.51. The Balaban J connectivity index is 1.70. The van der Waals surface area contributed by atoms with Gasteiger partial charge in [0.05, 0.1) is 12.5 Å². The fourth-order valence-electron chi connectivity index (χ4n) is 2.16. The number of carbonyl (C=O) groups is 2. The molecule has 20 heavy (non-hydrogen) atoms. The van der Waals surface area contributed by atoms with Crippen LogP contribution in [0.15, 0.2) is 24.3 Å². The number of nitrogens with zero attached hydrogens (tertiary/aromatic N) is 1. The van der Waals surface area contributed by atoms with E-state index in [1.54, 1.807) is 17.0 Å². The number of primary amides is 1. The van der Waals surface area contributed by atoms with Gasteiger partial charge < -0.3 is 15.4 Å². The van der Waals surface area contributed by atoms with Gasteiger partial charge in [-0.1, -0.05) is 0 Å². The van der Waals surface area contributed by atoms with E-state index in [0.29, 0.717) is 31.9 Å². The van der Waals surface area contributed by atoms with Gasteiger partial charge in [-0.25, -0.2) is 4.39 Å². The molecular weight excluding hydrogens is 263 g/mol. The highest BCUT2D eigenvalue weighted by atomic mass is 19.1. The van der Waals surface area contributed by atoms with Gasteiger partial charge in [-0.15, -0.1) is 0 Å². The van der Waals surface area contributed by atoms with Gasteiger partial charge in [-0.3, -0.25) is 9.59 Å². The number of ether oxygens (including phenoxy) is 1. The number of carbonyl (C=O) groups excluding carboxylic acids is 2. The van der Waals surface area contributed by atoms with Crippen LogP contribution in [-0.4, -0.2) is 36.4 Å². The van der Waals surface area contributed by atoms with Crippen LogP contribution in [0.3, 0.4) is 0 Å². The molecule has 1 aliphatic rings. The molecule has 1 aromatic carbocycles. The second-order valence-electron chi connectivity index (χ2n) is 4.80. The lowest BCUT2D eigenvalue weighted by molar-refractivity contribution is -0.128. The zero-order valence-corrected chi connectivity index (χ0v) is 11.0. The van der Waals surface area contributed by atoms with Crippen molar-refractivity contribution in [2.45, 2.75) is 12.8 Å². The van der Waals surface area contributed by atoms with Gasteiger partial charge in [0.15, 0.2) is 0 Å². The average Bonchev–Trinajstić information content (AvgIpc) is 2.79. The van der Waals surface area contributed by atoms with Crippen molar-refractivity contribution in [1.29, 1.82) is 0 Å². The van der Waals surface area contributed by atoms with Crippen LogP contribution in [0.5, 0.6) is 5.75 Å². The maximum absolute atomic E-state index is 12.7. The predicted molar refractivity (Wildman–Crippen MR) is 70.4 cm³/mol. The van der Waals surface area contributed by atoms with Crippen molar-refractivity contribution in [1.82, 2.24) is 4.90 Å². The largest absolute Gasteiger partial charge is 0.494 e. The van der Waals surface area contributed by atoms with E-state index in [1.165, 1.54) is 12.1 Å². The number of halogens is 1. The van der Waals surface area contributed by atoms with Crippen LogP contribution in [0.1, 0.15) is 12.8 Å². The second kappa shape index (κ2) is 6.36. The van der Waals surface area contributed by atoms with Crippen LogP contribution in [-0.2, 0) is 9.59 Å². The van der Waals surface area contributed by atoms with E-state index in [0.717, 1.165) is 0 Å². The molecule has 5 nitrogen and oxygen atoms in total. The third-order valence-corrected chi connectivity index (χ3v) is 3.27. The van der Waals surface area contributed by atoms with Crippen LogP contribution < -0.4 is 10.5 Å². The van der Waals surface area contributed by atoms with E-state index < -0.39 is 5.91 Å². The molecule has 1 aliphatic heterocycles. The van der Waals surface area contributed by atoms with Gasteiger partial charge in [0, 0.05) is 19.5 Å². The Hall–Kier alpha value is -2.11. The van der Waals surface area contributed by atoms with Gasteiger partial charge in [0.1, 0.15) is 11.6 Å². The number of likely N-dealkylation sites (tertiary alicyclic amines) is 1. The monoisotopic (exact) mass is 280 g/mol.